The molecule has 0 aromatic rings. The van der Waals surface area contributed by atoms with Gasteiger partial charge < -0.3 is 4.74 Å². The number of unbranched alkanes of at least 4 members (excludes halogenated alkanes) is 1. The Morgan fingerprint density at radius 2 is 1.92 bits per heavy atom. The average molecular weight is 232 g/mol. The first-order chi connectivity index (χ1) is 5.59. The Hall–Kier alpha value is 0.0800. The summed E-state index contributed by atoms with van der Waals surface area (Å²) in [6.07, 6.45) is 1.75. The summed E-state index contributed by atoms with van der Waals surface area (Å²) >= 11 is 15.9. The zero-order valence-electron chi connectivity index (χ0n) is 6.57. The molecule has 70 valence electrons. The lowest BCUT2D eigenvalue weighted by atomic mass is 10.4. The molecule has 0 rings (SSSR count). The first-order valence-electron chi connectivity index (χ1n) is 3.47. The van der Waals surface area contributed by atoms with Gasteiger partial charge in [0.25, 0.3) is 0 Å². The normalized spacial score (nSPS) is 9.33. The van der Waals surface area contributed by atoms with Gasteiger partial charge in [0.2, 0.25) is 0 Å². The molecule has 0 amide bonds. The molecule has 0 aliphatic rings. The van der Waals surface area contributed by atoms with E-state index in [4.69, 9.17) is 39.5 Å². The first-order valence-corrected chi connectivity index (χ1v) is 4.60. The zero-order valence-corrected chi connectivity index (χ0v) is 8.84. The maximum atomic E-state index is 10.9. The lowest BCUT2D eigenvalue weighted by Crippen LogP contribution is -2.05. The highest BCUT2D eigenvalue weighted by atomic mass is 35.5. The summed E-state index contributed by atoms with van der Waals surface area (Å²) in [5, 5.41) is -0.269. The fourth-order valence-corrected chi connectivity index (χ4v) is 0.659. The quantitative estimate of drug-likeness (QED) is 0.422. The van der Waals surface area contributed by atoms with Crippen LogP contribution in [0.1, 0.15) is 19.8 Å². The van der Waals surface area contributed by atoms with Crippen molar-refractivity contribution < 1.29 is 9.53 Å². The van der Waals surface area contributed by atoms with Crippen LogP contribution in [0.3, 0.4) is 0 Å². The molecule has 0 heterocycles. The lowest BCUT2D eigenvalue weighted by Gasteiger charge is -2.01. The molecule has 5 heteroatoms. The molecule has 0 atom stereocenters. The molecule has 0 N–H and O–H groups in total. The van der Waals surface area contributed by atoms with Crippen molar-refractivity contribution in [3.63, 3.8) is 0 Å². The van der Waals surface area contributed by atoms with Gasteiger partial charge in [0.15, 0.2) is 5.03 Å². The van der Waals surface area contributed by atoms with Gasteiger partial charge in [-0.15, -0.1) is 0 Å². The summed E-state index contributed by atoms with van der Waals surface area (Å²) in [6, 6.07) is 0. The van der Waals surface area contributed by atoms with Gasteiger partial charge in [-0.3, -0.25) is 0 Å². The highest BCUT2D eigenvalue weighted by Crippen LogP contribution is 2.18. The molecule has 0 bridgehead atoms. The second-order valence-electron chi connectivity index (χ2n) is 2.06. The van der Waals surface area contributed by atoms with Gasteiger partial charge in [-0.1, -0.05) is 48.1 Å². The van der Waals surface area contributed by atoms with Gasteiger partial charge in [0, 0.05) is 0 Å². The minimum atomic E-state index is -0.676. The number of rotatable bonds is 4. The molecule has 0 radical (unpaired) electrons. The van der Waals surface area contributed by atoms with E-state index < -0.39 is 5.97 Å². The van der Waals surface area contributed by atoms with Crippen molar-refractivity contribution >= 4 is 40.8 Å². The summed E-state index contributed by atoms with van der Waals surface area (Å²) in [7, 11) is 0. The molecule has 0 aliphatic heterocycles. The van der Waals surface area contributed by atoms with E-state index in [1.807, 2.05) is 6.92 Å². The molecule has 0 unspecified atom stereocenters. The second-order valence-corrected chi connectivity index (χ2v) is 3.39. The number of halogens is 3. The highest BCUT2D eigenvalue weighted by molar-refractivity contribution is 6.62. The van der Waals surface area contributed by atoms with Crippen LogP contribution >= 0.6 is 34.8 Å². The van der Waals surface area contributed by atoms with Crippen LogP contribution in [0.15, 0.2) is 9.52 Å². The van der Waals surface area contributed by atoms with E-state index in [9.17, 15) is 4.79 Å². The third kappa shape index (κ3) is 4.86. The minimum absolute atomic E-state index is 0.266. The van der Waals surface area contributed by atoms with E-state index in [0.29, 0.717) is 6.61 Å². The molecule has 0 spiro atoms. The summed E-state index contributed by atoms with van der Waals surface area (Å²) in [4.78, 5) is 10.9. The zero-order chi connectivity index (χ0) is 9.56. The second kappa shape index (κ2) is 6.58. The van der Waals surface area contributed by atoms with Gasteiger partial charge in [-0.25, -0.2) is 4.79 Å². The van der Waals surface area contributed by atoms with Crippen LogP contribution < -0.4 is 0 Å². The highest BCUT2D eigenvalue weighted by Gasteiger charge is 2.11. The molecule has 0 aromatic heterocycles. The van der Waals surface area contributed by atoms with Crippen LogP contribution in [0.25, 0.3) is 0 Å². The standard InChI is InChI=1S/C7H9Cl3O2/c1-2-3-4-12-7(11)5(8)6(9)10/h2-4H2,1H3. The number of hydrogen-bond donors (Lipinski definition) is 0. The molecular weight excluding hydrogens is 222 g/mol. The van der Waals surface area contributed by atoms with Crippen LogP contribution in [0, 0.1) is 0 Å². The number of carbonyl (C=O) groups excluding carboxylic acids is 1. The number of esters is 1. The summed E-state index contributed by atoms with van der Waals surface area (Å²) in [5.74, 6) is -0.676. The van der Waals surface area contributed by atoms with Crippen LogP contribution in [0.4, 0.5) is 0 Å². The van der Waals surface area contributed by atoms with Crippen molar-refractivity contribution in [2.45, 2.75) is 19.8 Å². The van der Waals surface area contributed by atoms with Crippen molar-refractivity contribution in [1.82, 2.24) is 0 Å². The van der Waals surface area contributed by atoms with Crippen molar-refractivity contribution in [3.05, 3.63) is 9.52 Å². The van der Waals surface area contributed by atoms with Crippen molar-refractivity contribution in [3.8, 4) is 0 Å². The molecule has 12 heavy (non-hydrogen) atoms. The summed E-state index contributed by atoms with van der Waals surface area (Å²) < 4.78 is 4.44. The van der Waals surface area contributed by atoms with Crippen molar-refractivity contribution in [2.75, 3.05) is 6.61 Å². The summed E-state index contributed by atoms with van der Waals surface area (Å²) in [6.45, 7) is 2.33. The number of ether oxygens (including phenoxy) is 1. The van der Waals surface area contributed by atoms with Gasteiger partial charge in [-0.05, 0) is 6.42 Å². The fourth-order valence-electron chi connectivity index (χ4n) is 0.450. The lowest BCUT2D eigenvalue weighted by molar-refractivity contribution is -0.138. The Morgan fingerprint density at radius 1 is 1.33 bits per heavy atom. The topological polar surface area (TPSA) is 26.3 Å². The van der Waals surface area contributed by atoms with E-state index >= 15 is 0 Å². The molecular formula is C7H9Cl3O2. The fraction of sp³-hybridized carbons (Fsp3) is 0.571. The maximum Gasteiger partial charge on any atom is 0.352 e. The van der Waals surface area contributed by atoms with Gasteiger partial charge in [0.05, 0.1) is 6.61 Å². The number of carbonyl (C=O) groups is 1. The van der Waals surface area contributed by atoms with E-state index in [1.54, 1.807) is 0 Å². The predicted octanol–water partition coefficient (Wildman–Crippen LogP) is 3.22. The maximum absolute atomic E-state index is 10.9. The Balaban J connectivity index is 3.81. The first kappa shape index (κ1) is 12.1. The van der Waals surface area contributed by atoms with Crippen LogP contribution in [-0.2, 0) is 9.53 Å². The van der Waals surface area contributed by atoms with Gasteiger partial charge >= 0.3 is 5.97 Å². The Bertz CT molecular complexity index is 185. The third-order valence-corrected chi connectivity index (χ3v) is 1.99. The minimum Gasteiger partial charge on any atom is -0.461 e. The largest absolute Gasteiger partial charge is 0.461 e. The van der Waals surface area contributed by atoms with E-state index in [0.717, 1.165) is 12.8 Å². The van der Waals surface area contributed by atoms with Gasteiger partial charge in [0.1, 0.15) is 4.49 Å². The monoisotopic (exact) mass is 230 g/mol. The molecule has 0 saturated carbocycles. The number of hydrogen-bond acceptors (Lipinski definition) is 2. The van der Waals surface area contributed by atoms with Crippen molar-refractivity contribution in [1.29, 1.82) is 0 Å². The molecule has 0 aromatic carbocycles. The third-order valence-electron chi connectivity index (χ3n) is 1.08. The predicted molar refractivity (Wildman–Crippen MR) is 50.5 cm³/mol. The molecule has 0 fully saturated rings. The Labute approximate surface area is 86.4 Å². The van der Waals surface area contributed by atoms with E-state index in [2.05, 4.69) is 0 Å². The van der Waals surface area contributed by atoms with Crippen LogP contribution in [-0.4, -0.2) is 12.6 Å². The van der Waals surface area contributed by atoms with Gasteiger partial charge in [-0.2, -0.15) is 0 Å². The van der Waals surface area contributed by atoms with Crippen molar-refractivity contribution in [2.24, 2.45) is 0 Å². The molecule has 0 aliphatic carbocycles. The smallest absolute Gasteiger partial charge is 0.352 e. The molecule has 2 nitrogen and oxygen atoms in total. The average Bonchev–Trinajstić information content (AvgIpc) is 2.03. The Kier molecular flexibility index (Phi) is 6.62. The molecule has 0 saturated heterocycles. The Morgan fingerprint density at radius 3 is 2.33 bits per heavy atom. The van der Waals surface area contributed by atoms with E-state index in [1.165, 1.54) is 0 Å². The van der Waals surface area contributed by atoms with E-state index in [-0.39, 0.29) is 9.52 Å². The SMILES string of the molecule is CCCCOC(=O)C(Cl)=C(Cl)Cl. The summed E-state index contributed by atoms with van der Waals surface area (Å²) in [5.41, 5.74) is 0. The van der Waals surface area contributed by atoms with Crippen LogP contribution in [0.5, 0.6) is 0 Å². The van der Waals surface area contributed by atoms with Crippen LogP contribution in [0.2, 0.25) is 0 Å².